The predicted octanol–water partition coefficient (Wildman–Crippen LogP) is 13.6. The van der Waals surface area contributed by atoms with E-state index in [9.17, 15) is 0 Å². The molecule has 2 aromatic heterocycles. The maximum absolute atomic E-state index is 6.47. The first-order chi connectivity index (χ1) is 25.3. The Balaban J connectivity index is 1.23. The number of benzene rings is 9. The van der Waals surface area contributed by atoms with Crippen LogP contribution in [0.1, 0.15) is 0 Å². The summed E-state index contributed by atoms with van der Waals surface area (Å²) in [5.41, 5.74) is 8.53. The van der Waals surface area contributed by atoms with Gasteiger partial charge in [-0.25, -0.2) is 0 Å². The van der Waals surface area contributed by atoms with E-state index >= 15 is 0 Å². The highest BCUT2D eigenvalue weighted by molar-refractivity contribution is 6.24. The Morgan fingerprint density at radius 1 is 0.373 bits per heavy atom. The van der Waals surface area contributed by atoms with E-state index in [1.54, 1.807) is 0 Å². The van der Waals surface area contributed by atoms with Gasteiger partial charge in [-0.15, -0.1) is 0 Å². The fourth-order valence-corrected chi connectivity index (χ4v) is 8.28. The van der Waals surface area contributed by atoms with E-state index in [1.165, 1.54) is 54.1 Å². The predicted molar refractivity (Wildman–Crippen MR) is 215 cm³/mol. The zero-order valence-electron chi connectivity index (χ0n) is 27.6. The van der Waals surface area contributed by atoms with Crippen LogP contribution in [0.5, 0.6) is 0 Å². The van der Waals surface area contributed by atoms with E-state index in [-0.39, 0.29) is 0 Å². The molecule has 11 aromatic rings. The molecule has 2 heterocycles. The molecule has 9 aromatic carbocycles. The van der Waals surface area contributed by atoms with Crippen molar-refractivity contribution in [1.82, 2.24) is 4.57 Å². The van der Waals surface area contributed by atoms with Crippen molar-refractivity contribution in [3.05, 3.63) is 182 Å². The highest BCUT2D eigenvalue weighted by Gasteiger charge is 2.21. The fraction of sp³-hybridized carbons (Fsp3) is 0. The summed E-state index contributed by atoms with van der Waals surface area (Å²) < 4.78 is 8.84. The Hall–Kier alpha value is -6.84. The van der Waals surface area contributed by atoms with Crippen molar-refractivity contribution in [2.45, 2.75) is 0 Å². The SMILES string of the molecule is c1ccc(-n2c3ccccc3c3cc(N(c4ccc5c(c4)oc4ccccc45)c4cc5ccc6ccccc6c5c5ccccc45)ccc32)cc1. The van der Waals surface area contributed by atoms with E-state index in [0.717, 1.165) is 44.7 Å². The Kier molecular flexibility index (Phi) is 5.96. The lowest BCUT2D eigenvalue weighted by Gasteiger charge is -2.28. The van der Waals surface area contributed by atoms with Crippen LogP contribution in [0.25, 0.3) is 81.7 Å². The zero-order chi connectivity index (χ0) is 33.5. The molecular formula is C48H30N2O. The lowest BCUT2D eigenvalue weighted by molar-refractivity contribution is 0.669. The number of para-hydroxylation sites is 3. The standard InChI is InChI=1S/C48H30N2O/c1-2-13-33(14-3-1)50-43-20-10-8-17-38(43)42-29-34(25-27-44(42)50)49(35-24-26-40-39-18-9-11-21-46(39)51-47(40)30-35)45-28-32-23-22-31-12-4-5-15-36(31)48(32)41-19-7-6-16-37(41)45/h1-30H. The minimum Gasteiger partial charge on any atom is -0.456 e. The van der Waals surface area contributed by atoms with Crippen LogP contribution >= 0.6 is 0 Å². The van der Waals surface area contributed by atoms with Crippen molar-refractivity contribution >= 4 is 93.1 Å². The van der Waals surface area contributed by atoms with Gasteiger partial charge < -0.3 is 13.9 Å². The van der Waals surface area contributed by atoms with Crippen LogP contribution in [0.3, 0.4) is 0 Å². The second kappa shape index (κ2) is 10.8. The maximum atomic E-state index is 6.47. The minimum absolute atomic E-state index is 0.872. The van der Waals surface area contributed by atoms with Crippen LogP contribution < -0.4 is 4.90 Å². The highest BCUT2D eigenvalue weighted by atomic mass is 16.3. The summed E-state index contributed by atoms with van der Waals surface area (Å²) in [5, 5.41) is 12.1. The highest BCUT2D eigenvalue weighted by Crippen LogP contribution is 2.46. The lowest BCUT2D eigenvalue weighted by atomic mass is 9.94. The van der Waals surface area contributed by atoms with Crippen LogP contribution in [0.4, 0.5) is 17.1 Å². The summed E-state index contributed by atoms with van der Waals surface area (Å²) >= 11 is 0. The van der Waals surface area contributed by atoms with Crippen molar-refractivity contribution in [3.63, 3.8) is 0 Å². The monoisotopic (exact) mass is 650 g/mol. The first-order valence-electron chi connectivity index (χ1n) is 17.4. The molecule has 51 heavy (non-hydrogen) atoms. The molecule has 238 valence electrons. The lowest BCUT2D eigenvalue weighted by Crippen LogP contribution is -2.10. The number of rotatable bonds is 4. The normalized spacial score (nSPS) is 11.9. The maximum Gasteiger partial charge on any atom is 0.137 e. The van der Waals surface area contributed by atoms with Gasteiger partial charge in [0.05, 0.1) is 16.7 Å². The zero-order valence-corrected chi connectivity index (χ0v) is 27.6. The first kappa shape index (κ1) is 28.0. The molecule has 0 bridgehead atoms. The fourth-order valence-electron chi connectivity index (χ4n) is 8.28. The third kappa shape index (κ3) is 4.19. The number of fused-ring (bicyclic) bond motifs is 11. The van der Waals surface area contributed by atoms with Gasteiger partial charge in [0.1, 0.15) is 11.2 Å². The summed E-state index contributed by atoms with van der Waals surface area (Å²) in [6, 6.07) is 65.6. The molecule has 0 radical (unpaired) electrons. The Morgan fingerprint density at radius 2 is 1.00 bits per heavy atom. The number of aromatic nitrogens is 1. The number of hydrogen-bond acceptors (Lipinski definition) is 2. The molecule has 0 spiro atoms. The van der Waals surface area contributed by atoms with Gasteiger partial charge >= 0.3 is 0 Å². The van der Waals surface area contributed by atoms with Gasteiger partial charge in [-0.2, -0.15) is 0 Å². The molecule has 0 saturated carbocycles. The average Bonchev–Trinajstić information content (AvgIpc) is 3.73. The molecule has 0 aliphatic carbocycles. The molecule has 0 aliphatic heterocycles. The minimum atomic E-state index is 0.872. The summed E-state index contributed by atoms with van der Waals surface area (Å²) in [6.07, 6.45) is 0. The van der Waals surface area contributed by atoms with Gasteiger partial charge in [0.2, 0.25) is 0 Å². The van der Waals surface area contributed by atoms with E-state index in [1.807, 2.05) is 12.1 Å². The number of anilines is 3. The second-order valence-electron chi connectivity index (χ2n) is 13.3. The molecule has 0 unspecified atom stereocenters. The van der Waals surface area contributed by atoms with E-state index in [0.29, 0.717) is 0 Å². The van der Waals surface area contributed by atoms with Crippen LogP contribution in [0.15, 0.2) is 186 Å². The molecule has 0 saturated heterocycles. The van der Waals surface area contributed by atoms with E-state index in [2.05, 4.69) is 179 Å². The largest absolute Gasteiger partial charge is 0.456 e. The summed E-state index contributed by atoms with van der Waals surface area (Å²) in [7, 11) is 0. The number of nitrogens with zero attached hydrogens (tertiary/aromatic N) is 2. The van der Waals surface area contributed by atoms with Crippen LogP contribution in [0, 0.1) is 0 Å². The summed E-state index contributed by atoms with van der Waals surface area (Å²) in [6.45, 7) is 0. The summed E-state index contributed by atoms with van der Waals surface area (Å²) in [4.78, 5) is 2.41. The van der Waals surface area contributed by atoms with Gasteiger partial charge in [-0.05, 0) is 87.6 Å². The van der Waals surface area contributed by atoms with Crippen LogP contribution in [-0.2, 0) is 0 Å². The molecule has 0 N–H and O–H groups in total. The third-order valence-electron chi connectivity index (χ3n) is 10.5. The average molecular weight is 651 g/mol. The molecule has 3 heteroatoms. The van der Waals surface area contributed by atoms with E-state index in [4.69, 9.17) is 4.42 Å². The topological polar surface area (TPSA) is 21.3 Å². The first-order valence-corrected chi connectivity index (χ1v) is 17.4. The summed E-state index contributed by atoms with van der Waals surface area (Å²) in [5.74, 6) is 0. The molecule has 0 atom stereocenters. The van der Waals surface area contributed by atoms with Crippen molar-refractivity contribution in [2.75, 3.05) is 4.90 Å². The van der Waals surface area contributed by atoms with Crippen molar-refractivity contribution in [2.24, 2.45) is 0 Å². The van der Waals surface area contributed by atoms with E-state index < -0.39 is 0 Å². The van der Waals surface area contributed by atoms with Crippen molar-refractivity contribution < 1.29 is 4.42 Å². The third-order valence-corrected chi connectivity index (χ3v) is 10.5. The molecule has 0 fully saturated rings. The number of furan rings is 1. The van der Waals surface area contributed by atoms with Gasteiger partial charge in [-0.1, -0.05) is 115 Å². The molecule has 11 rings (SSSR count). The molecular weight excluding hydrogens is 621 g/mol. The second-order valence-corrected chi connectivity index (χ2v) is 13.3. The van der Waals surface area contributed by atoms with Crippen molar-refractivity contribution in [3.8, 4) is 5.69 Å². The smallest absolute Gasteiger partial charge is 0.137 e. The van der Waals surface area contributed by atoms with Gasteiger partial charge in [-0.3, -0.25) is 0 Å². The Bertz CT molecular complexity index is 3150. The molecule has 0 aliphatic rings. The Morgan fingerprint density at radius 3 is 1.88 bits per heavy atom. The van der Waals surface area contributed by atoms with Gasteiger partial charge in [0.15, 0.2) is 0 Å². The van der Waals surface area contributed by atoms with Crippen LogP contribution in [0.2, 0.25) is 0 Å². The Labute approximate surface area is 293 Å². The molecule has 3 nitrogen and oxygen atoms in total. The van der Waals surface area contributed by atoms with Crippen molar-refractivity contribution in [1.29, 1.82) is 0 Å². The van der Waals surface area contributed by atoms with Gasteiger partial charge in [0.25, 0.3) is 0 Å². The van der Waals surface area contributed by atoms with Gasteiger partial charge in [0, 0.05) is 50.1 Å². The number of hydrogen-bond donors (Lipinski definition) is 0. The molecule has 0 amide bonds. The quantitative estimate of drug-likeness (QED) is 0.177. The van der Waals surface area contributed by atoms with Crippen LogP contribution in [-0.4, -0.2) is 4.57 Å².